The normalized spacial score (nSPS) is 25.9. The van der Waals surface area contributed by atoms with Crippen molar-refractivity contribution >= 4 is 0 Å². The summed E-state index contributed by atoms with van der Waals surface area (Å²) in [7, 11) is 0. The van der Waals surface area contributed by atoms with E-state index in [1.165, 1.54) is 37.8 Å². The van der Waals surface area contributed by atoms with E-state index in [9.17, 15) is 8.78 Å². The minimum Gasteiger partial charge on any atom is -0.378 e. The zero-order valence-corrected chi connectivity index (χ0v) is 19.2. The van der Waals surface area contributed by atoms with E-state index in [-0.39, 0.29) is 0 Å². The smallest absolute Gasteiger partial charge is 0.144 e. The number of nitriles is 1. The summed E-state index contributed by atoms with van der Waals surface area (Å²) in [5, 5.41) is 8.79. The van der Waals surface area contributed by atoms with Gasteiger partial charge in [0.15, 0.2) is 0 Å². The molecule has 0 spiro atoms. The molecule has 2 aliphatic carbocycles. The van der Waals surface area contributed by atoms with Crippen LogP contribution in [0.15, 0.2) is 24.8 Å². The van der Waals surface area contributed by atoms with E-state index in [0.29, 0.717) is 36.5 Å². The van der Waals surface area contributed by atoms with Gasteiger partial charge in [0.1, 0.15) is 23.3 Å². The van der Waals surface area contributed by atoms with Crippen LogP contribution >= 0.6 is 0 Å². The standard InChI is InChI=1S/C27H37F2NO2/c1-2-14-31-15-13-21-3-6-22(7-4-21)19-32-24-11-9-20(10-12-24)5-8-23-16-26(28)25(18-30)27(29)17-23/h2,16-17,20-22,24H,1,3-15,19H2. The van der Waals surface area contributed by atoms with Gasteiger partial charge >= 0.3 is 0 Å². The van der Waals surface area contributed by atoms with Crippen LogP contribution < -0.4 is 0 Å². The second-order valence-electron chi connectivity index (χ2n) is 9.60. The summed E-state index contributed by atoms with van der Waals surface area (Å²) in [5.74, 6) is 0.559. The van der Waals surface area contributed by atoms with Gasteiger partial charge in [-0.3, -0.25) is 0 Å². The molecule has 0 bridgehead atoms. The van der Waals surface area contributed by atoms with E-state index in [4.69, 9.17) is 14.7 Å². The van der Waals surface area contributed by atoms with Crippen LogP contribution in [0.3, 0.4) is 0 Å². The molecule has 0 aliphatic heterocycles. The average molecular weight is 446 g/mol. The molecule has 2 saturated carbocycles. The number of aryl methyl sites for hydroxylation is 1. The molecular formula is C27H37F2NO2. The summed E-state index contributed by atoms with van der Waals surface area (Å²) >= 11 is 0. The molecule has 0 amide bonds. The third kappa shape index (κ3) is 7.67. The van der Waals surface area contributed by atoms with Gasteiger partial charge in [-0.2, -0.15) is 5.26 Å². The Morgan fingerprint density at radius 3 is 2.16 bits per heavy atom. The van der Waals surface area contributed by atoms with Gasteiger partial charge in [-0.05, 0) is 93.2 Å². The molecule has 1 aromatic rings. The van der Waals surface area contributed by atoms with Crippen molar-refractivity contribution in [1.82, 2.24) is 0 Å². The zero-order valence-electron chi connectivity index (χ0n) is 19.2. The summed E-state index contributed by atoms with van der Waals surface area (Å²) in [6.07, 6.45) is 14.4. The van der Waals surface area contributed by atoms with E-state index in [1.807, 2.05) is 0 Å². The van der Waals surface area contributed by atoms with Crippen molar-refractivity contribution in [2.75, 3.05) is 19.8 Å². The fraction of sp³-hybridized carbons (Fsp3) is 0.667. The molecule has 0 unspecified atom stereocenters. The van der Waals surface area contributed by atoms with Crippen LogP contribution in [0.25, 0.3) is 0 Å². The summed E-state index contributed by atoms with van der Waals surface area (Å²) in [6.45, 7) is 6.06. The van der Waals surface area contributed by atoms with Gasteiger partial charge in [-0.15, -0.1) is 6.58 Å². The number of hydrogen-bond donors (Lipinski definition) is 0. The van der Waals surface area contributed by atoms with Crippen molar-refractivity contribution in [3.05, 3.63) is 47.5 Å². The molecular weight excluding hydrogens is 408 g/mol. The molecule has 2 aliphatic rings. The minimum atomic E-state index is -0.755. The molecule has 0 heterocycles. The molecule has 0 radical (unpaired) electrons. The van der Waals surface area contributed by atoms with Crippen LogP contribution in [0.1, 0.15) is 75.3 Å². The van der Waals surface area contributed by atoms with Gasteiger partial charge in [-0.1, -0.05) is 18.9 Å². The molecule has 176 valence electrons. The van der Waals surface area contributed by atoms with E-state index in [1.54, 1.807) is 12.1 Å². The maximum Gasteiger partial charge on any atom is 0.144 e. The lowest BCUT2D eigenvalue weighted by Crippen LogP contribution is -2.26. The lowest BCUT2D eigenvalue weighted by Gasteiger charge is -2.32. The van der Waals surface area contributed by atoms with Gasteiger partial charge in [0.2, 0.25) is 0 Å². The Bertz CT molecular complexity index is 736. The highest BCUT2D eigenvalue weighted by atomic mass is 19.1. The lowest BCUT2D eigenvalue weighted by atomic mass is 9.81. The van der Waals surface area contributed by atoms with Crippen molar-refractivity contribution in [2.24, 2.45) is 17.8 Å². The first-order valence-electron chi connectivity index (χ1n) is 12.3. The number of hydrogen-bond acceptors (Lipinski definition) is 3. The molecule has 1 aromatic carbocycles. The maximum absolute atomic E-state index is 13.8. The van der Waals surface area contributed by atoms with Crippen molar-refractivity contribution in [3.63, 3.8) is 0 Å². The molecule has 5 heteroatoms. The van der Waals surface area contributed by atoms with E-state index < -0.39 is 17.2 Å². The fourth-order valence-electron chi connectivity index (χ4n) is 5.21. The topological polar surface area (TPSA) is 42.2 Å². The van der Waals surface area contributed by atoms with Gasteiger partial charge in [0.25, 0.3) is 0 Å². The summed E-state index contributed by atoms with van der Waals surface area (Å²) < 4.78 is 39.4. The van der Waals surface area contributed by atoms with E-state index in [2.05, 4.69) is 6.58 Å². The first kappa shape index (κ1) is 24.9. The van der Waals surface area contributed by atoms with Crippen LogP contribution in [-0.2, 0) is 15.9 Å². The fourth-order valence-corrected chi connectivity index (χ4v) is 5.21. The Kier molecular flexibility index (Phi) is 10.1. The first-order valence-corrected chi connectivity index (χ1v) is 12.3. The first-order chi connectivity index (χ1) is 15.6. The van der Waals surface area contributed by atoms with Crippen molar-refractivity contribution in [1.29, 1.82) is 5.26 Å². The minimum absolute atomic E-state index is 0.362. The quantitative estimate of drug-likeness (QED) is 0.280. The predicted octanol–water partition coefficient (Wildman–Crippen LogP) is 6.74. The maximum atomic E-state index is 13.8. The summed E-state index contributed by atoms with van der Waals surface area (Å²) in [5.41, 5.74) is 0.151. The van der Waals surface area contributed by atoms with Crippen molar-refractivity contribution < 1.29 is 18.3 Å². The highest BCUT2D eigenvalue weighted by molar-refractivity contribution is 5.35. The van der Waals surface area contributed by atoms with E-state index >= 15 is 0 Å². The molecule has 32 heavy (non-hydrogen) atoms. The molecule has 3 rings (SSSR count). The Labute approximate surface area is 191 Å². The second kappa shape index (κ2) is 13.1. The third-order valence-electron chi connectivity index (χ3n) is 7.29. The largest absolute Gasteiger partial charge is 0.378 e. The van der Waals surface area contributed by atoms with Gasteiger partial charge < -0.3 is 9.47 Å². The predicted molar refractivity (Wildman–Crippen MR) is 122 cm³/mol. The SMILES string of the molecule is C=CCOCCC1CCC(COC2CCC(CCc3cc(F)c(C#N)c(F)c3)CC2)CC1. The number of rotatable bonds is 11. The number of ether oxygens (including phenoxy) is 2. The third-order valence-corrected chi connectivity index (χ3v) is 7.29. The van der Waals surface area contributed by atoms with Crippen LogP contribution in [0.2, 0.25) is 0 Å². The summed E-state index contributed by atoms with van der Waals surface area (Å²) in [6, 6.07) is 4.19. The molecule has 3 nitrogen and oxygen atoms in total. The highest BCUT2D eigenvalue weighted by Gasteiger charge is 2.25. The molecule has 0 N–H and O–H groups in total. The van der Waals surface area contributed by atoms with Gasteiger partial charge in [0, 0.05) is 13.2 Å². The molecule has 0 saturated heterocycles. The summed E-state index contributed by atoms with van der Waals surface area (Å²) in [4.78, 5) is 0. The second-order valence-corrected chi connectivity index (χ2v) is 9.60. The number of halogens is 2. The van der Waals surface area contributed by atoms with Gasteiger partial charge in [0.05, 0.1) is 12.7 Å². The Morgan fingerprint density at radius 2 is 1.53 bits per heavy atom. The molecule has 2 fully saturated rings. The molecule has 0 atom stereocenters. The van der Waals surface area contributed by atoms with Crippen LogP contribution in [-0.4, -0.2) is 25.9 Å². The van der Waals surface area contributed by atoms with Crippen LogP contribution in [0, 0.1) is 40.7 Å². The van der Waals surface area contributed by atoms with E-state index in [0.717, 1.165) is 57.7 Å². The van der Waals surface area contributed by atoms with Crippen LogP contribution in [0.5, 0.6) is 0 Å². The Hall–Kier alpha value is -1.77. The average Bonchev–Trinajstić information content (AvgIpc) is 2.80. The van der Waals surface area contributed by atoms with Crippen molar-refractivity contribution in [2.45, 2.75) is 76.7 Å². The zero-order chi connectivity index (χ0) is 22.8. The number of benzene rings is 1. The number of nitrogens with zero attached hydrogens (tertiary/aromatic N) is 1. The Morgan fingerprint density at radius 1 is 0.938 bits per heavy atom. The van der Waals surface area contributed by atoms with Gasteiger partial charge in [-0.25, -0.2) is 8.78 Å². The molecule has 0 aromatic heterocycles. The van der Waals surface area contributed by atoms with Crippen molar-refractivity contribution in [3.8, 4) is 6.07 Å². The Balaban J connectivity index is 1.28. The monoisotopic (exact) mass is 445 g/mol. The highest BCUT2D eigenvalue weighted by Crippen LogP contribution is 2.33. The van der Waals surface area contributed by atoms with Crippen LogP contribution in [0.4, 0.5) is 8.78 Å². The lowest BCUT2D eigenvalue weighted by molar-refractivity contribution is -0.0109.